The van der Waals surface area contributed by atoms with Crippen LogP contribution >= 0.6 is 11.6 Å². The van der Waals surface area contributed by atoms with Gasteiger partial charge < -0.3 is 25.7 Å². The van der Waals surface area contributed by atoms with Gasteiger partial charge in [-0.25, -0.2) is 9.38 Å². The van der Waals surface area contributed by atoms with Crippen LogP contribution < -0.4 is 15.4 Å². The minimum atomic E-state index is -0.452. The highest BCUT2D eigenvalue weighted by atomic mass is 35.5. The van der Waals surface area contributed by atoms with Crippen molar-refractivity contribution < 1.29 is 13.9 Å². The lowest BCUT2D eigenvalue weighted by Gasteiger charge is -2.34. The van der Waals surface area contributed by atoms with E-state index in [2.05, 4.69) is 29.5 Å². The third-order valence-corrected chi connectivity index (χ3v) is 6.15. The summed E-state index contributed by atoms with van der Waals surface area (Å²) in [6.45, 7) is 4.59. The van der Waals surface area contributed by atoms with Gasteiger partial charge >= 0.3 is 0 Å². The summed E-state index contributed by atoms with van der Waals surface area (Å²) in [7, 11) is 0. The predicted molar refractivity (Wildman–Crippen MR) is 123 cm³/mol. The van der Waals surface area contributed by atoms with Crippen LogP contribution in [0.25, 0.3) is 0 Å². The largest absolute Gasteiger partial charge is 0.489 e. The highest BCUT2D eigenvalue weighted by Crippen LogP contribution is 2.29. The predicted octanol–water partition coefficient (Wildman–Crippen LogP) is 3.56. The van der Waals surface area contributed by atoms with Crippen LogP contribution in [0.5, 0.6) is 5.75 Å². The summed E-state index contributed by atoms with van der Waals surface area (Å²) in [5, 5.41) is 15.3. The number of allylic oxidation sites excluding steroid dienone is 1. The van der Waals surface area contributed by atoms with Crippen molar-refractivity contribution in [2.24, 2.45) is 4.99 Å². The molecule has 1 amide bonds. The summed E-state index contributed by atoms with van der Waals surface area (Å²) in [5.74, 6) is -0.00520. The summed E-state index contributed by atoms with van der Waals surface area (Å²) in [4.78, 5) is 19.1. The second-order valence-corrected chi connectivity index (χ2v) is 8.86. The Kier molecular flexibility index (Phi) is 6.62. The number of nitrogens with one attached hydrogen (secondary N) is 3. The number of piperidine rings is 1. The highest BCUT2D eigenvalue weighted by molar-refractivity contribution is 6.39. The lowest BCUT2D eigenvalue weighted by atomic mass is 9.95. The smallest absolute Gasteiger partial charge is 0.258 e. The standard InChI is InChI=1S/C23H27ClFN5O2/c1-3-16-8-17(6-13(2)29-16)32-21-7-15(25)4-5-18(21)23(31)30-11-19(20(26)12-30)22-27-9-14(24)10-28-22/h4-5,7,9-10,13,16-17,26-27,29H,3,6,8,11-12H2,1-2H3/b22-19+,26-20?. The number of nitrogens with zero attached hydrogens (tertiary/aromatic N) is 2. The lowest BCUT2D eigenvalue weighted by molar-refractivity contribution is 0.0786. The molecule has 170 valence electrons. The van der Waals surface area contributed by atoms with Gasteiger partial charge in [0.2, 0.25) is 0 Å². The van der Waals surface area contributed by atoms with Crippen LogP contribution in [0.2, 0.25) is 0 Å². The van der Waals surface area contributed by atoms with E-state index in [1.807, 2.05) is 0 Å². The fourth-order valence-corrected chi connectivity index (χ4v) is 4.44. The van der Waals surface area contributed by atoms with Gasteiger partial charge in [-0.3, -0.25) is 4.79 Å². The van der Waals surface area contributed by atoms with Gasteiger partial charge in [-0.1, -0.05) is 18.5 Å². The second-order valence-electron chi connectivity index (χ2n) is 8.42. The van der Waals surface area contributed by atoms with E-state index in [1.54, 1.807) is 11.1 Å². The van der Waals surface area contributed by atoms with Crippen molar-refractivity contribution in [3.8, 4) is 5.75 Å². The van der Waals surface area contributed by atoms with E-state index < -0.39 is 5.82 Å². The normalized spacial score (nSPS) is 27.9. The van der Waals surface area contributed by atoms with Crippen LogP contribution in [0.15, 0.2) is 45.8 Å². The highest BCUT2D eigenvalue weighted by Gasteiger charge is 2.32. The Morgan fingerprint density at radius 2 is 2.19 bits per heavy atom. The van der Waals surface area contributed by atoms with Crippen molar-refractivity contribution in [3.05, 3.63) is 52.2 Å². The minimum absolute atomic E-state index is 0.101. The molecular formula is C23H27ClFN5O2. The summed E-state index contributed by atoms with van der Waals surface area (Å²) in [6.07, 6.45) is 5.54. The number of likely N-dealkylation sites (tertiary alicyclic amines) is 1. The van der Waals surface area contributed by atoms with Gasteiger partial charge in [0.25, 0.3) is 5.91 Å². The van der Waals surface area contributed by atoms with Crippen LogP contribution in [0.1, 0.15) is 43.5 Å². The van der Waals surface area contributed by atoms with Gasteiger partial charge in [0.15, 0.2) is 0 Å². The summed E-state index contributed by atoms with van der Waals surface area (Å²) in [6, 6.07) is 4.62. The summed E-state index contributed by atoms with van der Waals surface area (Å²) in [5.41, 5.74) is 1.22. The maximum Gasteiger partial charge on any atom is 0.258 e. The molecule has 3 aliphatic heterocycles. The van der Waals surface area contributed by atoms with Gasteiger partial charge in [0, 0.05) is 36.1 Å². The van der Waals surface area contributed by atoms with E-state index in [0.29, 0.717) is 33.7 Å². The summed E-state index contributed by atoms with van der Waals surface area (Å²) >= 11 is 5.88. The van der Waals surface area contributed by atoms with Crippen molar-refractivity contribution in [3.63, 3.8) is 0 Å². The maximum atomic E-state index is 14.1. The van der Waals surface area contributed by atoms with Crippen molar-refractivity contribution in [2.75, 3.05) is 13.1 Å². The zero-order chi connectivity index (χ0) is 22.8. The van der Waals surface area contributed by atoms with E-state index in [4.69, 9.17) is 21.7 Å². The molecule has 2 saturated heterocycles. The first-order valence-corrected chi connectivity index (χ1v) is 11.2. The van der Waals surface area contributed by atoms with Crippen molar-refractivity contribution >= 4 is 29.4 Å². The van der Waals surface area contributed by atoms with Crippen LogP contribution in [0.4, 0.5) is 4.39 Å². The van der Waals surface area contributed by atoms with Crippen molar-refractivity contribution in [1.29, 1.82) is 5.41 Å². The molecule has 2 fully saturated rings. The molecule has 0 radical (unpaired) electrons. The number of aliphatic imine (C=N–C) groups is 1. The Morgan fingerprint density at radius 1 is 1.38 bits per heavy atom. The number of ether oxygens (including phenoxy) is 1. The number of carbonyl (C=O) groups excluding carboxylic acids is 1. The number of halogens is 2. The quantitative estimate of drug-likeness (QED) is 0.642. The molecule has 1 aromatic rings. The number of rotatable bonds is 4. The van der Waals surface area contributed by atoms with Crippen LogP contribution in [0, 0.1) is 11.2 Å². The molecule has 1 aromatic carbocycles. The molecular weight excluding hydrogens is 433 g/mol. The molecule has 4 rings (SSSR count). The fourth-order valence-electron chi connectivity index (χ4n) is 4.34. The monoisotopic (exact) mass is 459 g/mol. The zero-order valence-corrected chi connectivity index (χ0v) is 18.9. The molecule has 3 N–H and O–H groups in total. The SMILES string of the molecule is CCC1CC(Oc2cc(F)ccc2C(=O)N2CC(=N)/C(=C3/N=CC(Cl)=CN3)C2)CC(C)N1. The molecule has 0 aromatic heterocycles. The lowest BCUT2D eigenvalue weighted by Crippen LogP contribution is -2.47. The summed E-state index contributed by atoms with van der Waals surface area (Å²) < 4.78 is 20.2. The van der Waals surface area contributed by atoms with Crippen molar-refractivity contribution in [2.45, 2.75) is 51.3 Å². The first kappa shape index (κ1) is 22.5. The fraction of sp³-hybridized carbons (Fsp3) is 0.435. The second kappa shape index (κ2) is 9.42. The molecule has 7 nitrogen and oxygen atoms in total. The molecule has 3 heterocycles. The van der Waals surface area contributed by atoms with Crippen LogP contribution in [-0.4, -0.2) is 54.0 Å². The molecule has 3 unspecified atom stereocenters. The van der Waals surface area contributed by atoms with E-state index in [9.17, 15) is 9.18 Å². The maximum absolute atomic E-state index is 14.1. The topological polar surface area (TPSA) is 89.8 Å². The Morgan fingerprint density at radius 3 is 2.91 bits per heavy atom. The molecule has 32 heavy (non-hydrogen) atoms. The van der Waals surface area contributed by atoms with Gasteiger partial charge in [-0.2, -0.15) is 0 Å². The van der Waals surface area contributed by atoms with E-state index in [1.165, 1.54) is 24.4 Å². The number of benzene rings is 1. The molecule has 0 aliphatic carbocycles. The Labute approximate surface area is 191 Å². The van der Waals surface area contributed by atoms with Crippen molar-refractivity contribution in [1.82, 2.24) is 15.5 Å². The first-order chi connectivity index (χ1) is 15.3. The van der Waals surface area contributed by atoms with E-state index >= 15 is 0 Å². The van der Waals surface area contributed by atoms with Gasteiger partial charge in [-0.05, 0) is 38.3 Å². The number of carbonyl (C=O) groups is 1. The average Bonchev–Trinajstić information content (AvgIpc) is 3.15. The average molecular weight is 460 g/mol. The van der Waals surface area contributed by atoms with Gasteiger partial charge in [-0.15, -0.1) is 0 Å². The van der Waals surface area contributed by atoms with Crippen LogP contribution in [0.3, 0.4) is 0 Å². The minimum Gasteiger partial charge on any atom is -0.489 e. The third-order valence-electron chi connectivity index (χ3n) is 5.94. The third kappa shape index (κ3) is 4.86. The molecule has 0 spiro atoms. The Bertz CT molecular complexity index is 1020. The Balaban J connectivity index is 1.54. The van der Waals surface area contributed by atoms with E-state index in [-0.39, 0.29) is 36.9 Å². The number of hydrogen-bond acceptors (Lipinski definition) is 6. The van der Waals surface area contributed by atoms with Crippen LogP contribution in [-0.2, 0) is 0 Å². The molecule has 9 heteroatoms. The number of hydrogen-bond donors (Lipinski definition) is 3. The Hall–Kier alpha value is -2.71. The zero-order valence-electron chi connectivity index (χ0n) is 18.1. The van der Waals surface area contributed by atoms with Gasteiger partial charge in [0.05, 0.1) is 29.4 Å². The molecule has 0 bridgehead atoms. The van der Waals surface area contributed by atoms with Gasteiger partial charge in [0.1, 0.15) is 23.5 Å². The number of amides is 1. The molecule has 3 atom stereocenters. The van der Waals surface area contributed by atoms with E-state index in [0.717, 1.165) is 19.3 Å². The molecule has 0 saturated carbocycles. The molecule has 3 aliphatic rings. The first-order valence-electron chi connectivity index (χ1n) is 10.8.